The first-order chi connectivity index (χ1) is 7.45. The highest BCUT2D eigenvalue weighted by Crippen LogP contribution is 2.24. The molecule has 0 aromatic carbocycles. The standard InChI is InChI=1S/C13H28N2O/c1-13(2,3)12(9-14)15(4)10-11-7-5-6-8-16-11/h11-12H,5-10,14H2,1-4H3. The molecule has 0 aromatic rings. The number of rotatable bonds is 4. The van der Waals surface area contributed by atoms with Gasteiger partial charge in [-0.15, -0.1) is 0 Å². The summed E-state index contributed by atoms with van der Waals surface area (Å²) in [5.41, 5.74) is 6.12. The molecule has 1 fully saturated rings. The van der Waals surface area contributed by atoms with Gasteiger partial charge in [0.1, 0.15) is 0 Å². The Hall–Kier alpha value is -0.120. The second kappa shape index (κ2) is 5.99. The fourth-order valence-corrected chi connectivity index (χ4v) is 2.59. The molecular formula is C13H28N2O. The number of nitrogens with zero attached hydrogens (tertiary/aromatic N) is 1. The average Bonchev–Trinajstić information content (AvgIpc) is 2.17. The first-order valence-corrected chi connectivity index (χ1v) is 6.47. The van der Waals surface area contributed by atoms with Gasteiger partial charge in [-0.3, -0.25) is 4.90 Å². The minimum Gasteiger partial charge on any atom is -0.377 e. The minimum absolute atomic E-state index is 0.234. The molecule has 2 atom stereocenters. The van der Waals surface area contributed by atoms with Crippen LogP contribution in [0.3, 0.4) is 0 Å². The maximum absolute atomic E-state index is 5.88. The Morgan fingerprint density at radius 2 is 2.06 bits per heavy atom. The zero-order valence-corrected chi connectivity index (χ0v) is 11.3. The smallest absolute Gasteiger partial charge is 0.0702 e. The number of hydrogen-bond donors (Lipinski definition) is 1. The van der Waals surface area contributed by atoms with Crippen LogP contribution in [-0.2, 0) is 4.74 Å². The summed E-state index contributed by atoms with van der Waals surface area (Å²) >= 11 is 0. The Morgan fingerprint density at radius 1 is 1.38 bits per heavy atom. The maximum Gasteiger partial charge on any atom is 0.0702 e. The van der Waals surface area contributed by atoms with Crippen molar-refractivity contribution in [1.82, 2.24) is 4.90 Å². The third kappa shape index (κ3) is 4.04. The van der Waals surface area contributed by atoms with Gasteiger partial charge < -0.3 is 10.5 Å². The Kier molecular flexibility index (Phi) is 5.22. The Balaban J connectivity index is 2.45. The molecule has 0 radical (unpaired) electrons. The summed E-state index contributed by atoms with van der Waals surface area (Å²) in [6.07, 6.45) is 4.14. The average molecular weight is 228 g/mol. The molecular weight excluding hydrogens is 200 g/mol. The minimum atomic E-state index is 0.234. The zero-order chi connectivity index (χ0) is 12.2. The maximum atomic E-state index is 5.88. The molecule has 1 heterocycles. The van der Waals surface area contributed by atoms with Crippen molar-refractivity contribution in [3.05, 3.63) is 0 Å². The molecule has 0 amide bonds. The molecule has 1 aliphatic heterocycles. The SMILES string of the molecule is CN(CC1CCCCO1)C(CN)C(C)(C)C. The lowest BCUT2D eigenvalue weighted by molar-refractivity contribution is -0.0169. The molecule has 1 rings (SSSR count). The van der Waals surface area contributed by atoms with E-state index in [0.717, 1.165) is 13.2 Å². The lowest BCUT2D eigenvalue weighted by Gasteiger charge is -2.39. The zero-order valence-electron chi connectivity index (χ0n) is 11.3. The van der Waals surface area contributed by atoms with Crippen LogP contribution >= 0.6 is 0 Å². The lowest BCUT2D eigenvalue weighted by Crippen LogP contribution is -2.49. The van der Waals surface area contributed by atoms with Crippen LogP contribution in [0.5, 0.6) is 0 Å². The summed E-state index contributed by atoms with van der Waals surface area (Å²) in [5, 5.41) is 0. The first-order valence-electron chi connectivity index (χ1n) is 6.47. The van der Waals surface area contributed by atoms with Gasteiger partial charge in [-0.25, -0.2) is 0 Å². The van der Waals surface area contributed by atoms with Crippen LogP contribution in [0.1, 0.15) is 40.0 Å². The van der Waals surface area contributed by atoms with Crippen molar-refractivity contribution in [1.29, 1.82) is 0 Å². The highest BCUT2D eigenvalue weighted by Gasteiger charge is 2.28. The lowest BCUT2D eigenvalue weighted by atomic mass is 9.85. The van der Waals surface area contributed by atoms with Gasteiger partial charge in [-0.05, 0) is 31.7 Å². The van der Waals surface area contributed by atoms with Gasteiger partial charge in [0.15, 0.2) is 0 Å². The highest BCUT2D eigenvalue weighted by atomic mass is 16.5. The monoisotopic (exact) mass is 228 g/mol. The van der Waals surface area contributed by atoms with E-state index in [9.17, 15) is 0 Å². The van der Waals surface area contributed by atoms with Crippen molar-refractivity contribution in [3.63, 3.8) is 0 Å². The van der Waals surface area contributed by atoms with E-state index < -0.39 is 0 Å². The van der Waals surface area contributed by atoms with Crippen molar-refractivity contribution >= 4 is 0 Å². The van der Waals surface area contributed by atoms with Gasteiger partial charge in [-0.2, -0.15) is 0 Å². The summed E-state index contributed by atoms with van der Waals surface area (Å²) in [4.78, 5) is 2.37. The highest BCUT2D eigenvalue weighted by molar-refractivity contribution is 4.84. The van der Waals surface area contributed by atoms with Crippen LogP contribution in [0.2, 0.25) is 0 Å². The summed E-state index contributed by atoms with van der Waals surface area (Å²) in [6.45, 7) is 9.42. The molecule has 0 aliphatic carbocycles. The van der Waals surface area contributed by atoms with Crippen LogP contribution in [-0.4, -0.2) is 43.8 Å². The Morgan fingerprint density at radius 3 is 2.50 bits per heavy atom. The van der Waals surface area contributed by atoms with Gasteiger partial charge in [0.2, 0.25) is 0 Å². The summed E-state index contributed by atoms with van der Waals surface area (Å²) in [7, 11) is 2.17. The van der Waals surface area contributed by atoms with Gasteiger partial charge in [0.25, 0.3) is 0 Å². The van der Waals surface area contributed by atoms with E-state index >= 15 is 0 Å². The molecule has 0 saturated carbocycles. The molecule has 2 unspecified atom stereocenters. The van der Waals surface area contributed by atoms with Gasteiger partial charge in [0.05, 0.1) is 6.10 Å². The van der Waals surface area contributed by atoms with Gasteiger partial charge in [0, 0.05) is 25.7 Å². The molecule has 0 aromatic heterocycles. The molecule has 0 bridgehead atoms. The van der Waals surface area contributed by atoms with E-state index in [4.69, 9.17) is 10.5 Å². The van der Waals surface area contributed by atoms with Crippen LogP contribution < -0.4 is 5.73 Å². The normalized spacial score (nSPS) is 24.8. The van der Waals surface area contributed by atoms with Crippen molar-refractivity contribution in [2.75, 3.05) is 26.7 Å². The van der Waals surface area contributed by atoms with Crippen LogP contribution in [0.25, 0.3) is 0 Å². The fraction of sp³-hybridized carbons (Fsp3) is 1.00. The molecule has 3 nitrogen and oxygen atoms in total. The summed E-state index contributed by atoms with van der Waals surface area (Å²) in [6, 6.07) is 0.429. The topological polar surface area (TPSA) is 38.5 Å². The van der Waals surface area contributed by atoms with Crippen molar-refractivity contribution in [2.45, 2.75) is 52.2 Å². The van der Waals surface area contributed by atoms with Gasteiger partial charge in [-0.1, -0.05) is 20.8 Å². The van der Waals surface area contributed by atoms with E-state index in [1.165, 1.54) is 19.3 Å². The molecule has 1 saturated heterocycles. The molecule has 2 N–H and O–H groups in total. The second-order valence-corrected chi connectivity index (χ2v) is 6.05. The van der Waals surface area contributed by atoms with Crippen LogP contribution in [0, 0.1) is 5.41 Å². The van der Waals surface area contributed by atoms with E-state index in [2.05, 4.69) is 32.7 Å². The Bertz CT molecular complexity index is 195. The summed E-state index contributed by atoms with van der Waals surface area (Å²) in [5.74, 6) is 0. The quantitative estimate of drug-likeness (QED) is 0.798. The molecule has 16 heavy (non-hydrogen) atoms. The van der Waals surface area contributed by atoms with E-state index in [1.54, 1.807) is 0 Å². The number of likely N-dealkylation sites (N-methyl/N-ethyl adjacent to an activating group) is 1. The largest absolute Gasteiger partial charge is 0.377 e. The van der Waals surface area contributed by atoms with E-state index in [-0.39, 0.29) is 5.41 Å². The van der Waals surface area contributed by atoms with Gasteiger partial charge >= 0.3 is 0 Å². The van der Waals surface area contributed by atoms with E-state index in [0.29, 0.717) is 18.7 Å². The van der Waals surface area contributed by atoms with E-state index in [1.807, 2.05) is 0 Å². The van der Waals surface area contributed by atoms with Crippen molar-refractivity contribution in [2.24, 2.45) is 11.1 Å². The number of hydrogen-bond acceptors (Lipinski definition) is 3. The molecule has 96 valence electrons. The predicted octanol–water partition coefficient (Wildman–Crippen LogP) is 1.86. The number of ether oxygens (including phenoxy) is 1. The number of nitrogens with two attached hydrogens (primary N) is 1. The second-order valence-electron chi connectivity index (χ2n) is 6.05. The molecule has 3 heteroatoms. The Labute approximate surface area is 100 Å². The first kappa shape index (κ1) is 13.9. The van der Waals surface area contributed by atoms with Crippen LogP contribution in [0.4, 0.5) is 0 Å². The van der Waals surface area contributed by atoms with Crippen LogP contribution in [0.15, 0.2) is 0 Å². The fourth-order valence-electron chi connectivity index (χ4n) is 2.59. The summed E-state index contributed by atoms with van der Waals surface area (Å²) < 4.78 is 5.77. The molecule has 1 aliphatic rings. The predicted molar refractivity (Wildman–Crippen MR) is 68.5 cm³/mol. The van der Waals surface area contributed by atoms with Crippen molar-refractivity contribution < 1.29 is 4.74 Å². The third-order valence-electron chi connectivity index (χ3n) is 3.52. The third-order valence-corrected chi connectivity index (χ3v) is 3.52. The van der Waals surface area contributed by atoms with Crippen molar-refractivity contribution in [3.8, 4) is 0 Å². The molecule has 0 spiro atoms.